The quantitative estimate of drug-likeness (QED) is 0.0897. The molecule has 438 valence electrons. The number of hydrogen-bond acceptors (Lipinski definition) is 2. The zero-order chi connectivity index (χ0) is 61.3. The van der Waals surface area contributed by atoms with E-state index < -0.39 is 0 Å². The van der Waals surface area contributed by atoms with Gasteiger partial charge in [-0.05, 0) is 211 Å². The lowest BCUT2D eigenvalue weighted by Crippen LogP contribution is -2.31. The van der Waals surface area contributed by atoms with Crippen LogP contribution in [-0.2, 0) is 36.5 Å². The molecule has 0 fully saturated rings. The topological polar surface area (TPSA) is 6.48 Å². The number of benzene rings is 14. The van der Waals surface area contributed by atoms with Gasteiger partial charge < -0.3 is 9.80 Å². The molecule has 0 radical (unpaired) electrons. The van der Waals surface area contributed by atoms with Gasteiger partial charge in [-0.1, -0.05) is 279 Å². The maximum Gasteiger partial charge on any atom is 0.0462 e. The molecule has 0 bridgehead atoms. The standard InChI is InChI=1S/C90H68N2/c1-7-23-65(24-8-1)61-89(62-66-25-9-2-10-26-66)85-37-21-19-35-81(85)83-57-47-73(59-87(83)89)71-43-53-79(54-44-71)91(75-31-15-5-16-32-75)77-49-39-69(40-50-77)70-41-51-78(52-42-70)92(76-33-17-6-18-34-76)80-55-45-72(46-56-80)74-48-58-84-82-36-20-22-38-86(82)90(88(84)60-74,63-67-27-11-3-12-28-67)64-68-29-13-4-14-30-68/h1-60H,61-64H2. The van der Waals surface area contributed by atoms with Crippen molar-refractivity contribution in [3.8, 4) is 55.6 Å². The zero-order valence-corrected chi connectivity index (χ0v) is 51.4. The average Bonchev–Trinajstić information content (AvgIpc) is 1.57. The van der Waals surface area contributed by atoms with Gasteiger partial charge in [0.05, 0.1) is 0 Å². The van der Waals surface area contributed by atoms with Crippen molar-refractivity contribution in [1.82, 2.24) is 0 Å². The van der Waals surface area contributed by atoms with Gasteiger partial charge in [-0.2, -0.15) is 0 Å². The van der Waals surface area contributed by atoms with Crippen LogP contribution in [-0.4, -0.2) is 0 Å². The zero-order valence-electron chi connectivity index (χ0n) is 51.4. The van der Waals surface area contributed by atoms with E-state index in [-0.39, 0.29) is 10.8 Å². The first-order valence-electron chi connectivity index (χ1n) is 32.3. The molecule has 14 aromatic carbocycles. The molecule has 0 spiro atoms. The van der Waals surface area contributed by atoms with Crippen molar-refractivity contribution in [1.29, 1.82) is 0 Å². The fourth-order valence-corrected chi connectivity index (χ4v) is 15.2. The summed E-state index contributed by atoms with van der Waals surface area (Å²) < 4.78 is 0. The van der Waals surface area contributed by atoms with Gasteiger partial charge in [0.1, 0.15) is 0 Å². The minimum Gasteiger partial charge on any atom is -0.311 e. The number of nitrogens with zero attached hydrogens (tertiary/aromatic N) is 2. The van der Waals surface area contributed by atoms with Crippen molar-refractivity contribution in [2.24, 2.45) is 0 Å². The van der Waals surface area contributed by atoms with Crippen LogP contribution in [0.2, 0.25) is 0 Å². The van der Waals surface area contributed by atoms with Crippen molar-refractivity contribution >= 4 is 34.1 Å². The van der Waals surface area contributed by atoms with Gasteiger partial charge in [-0.25, -0.2) is 0 Å². The van der Waals surface area contributed by atoms with E-state index in [1.165, 1.54) is 89.0 Å². The van der Waals surface area contributed by atoms with E-state index in [0.29, 0.717) is 0 Å². The van der Waals surface area contributed by atoms with Crippen molar-refractivity contribution in [3.05, 3.63) is 408 Å². The van der Waals surface area contributed by atoms with Gasteiger partial charge in [0.15, 0.2) is 0 Å². The van der Waals surface area contributed by atoms with E-state index in [4.69, 9.17) is 0 Å². The molecule has 0 saturated heterocycles. The highest BCUT2D eigenvalue weighted by molar-refractivity contribution is 5.88. The summed E-state index contributed by atoms with van der Waals surface area (Å²) in [6.07, 6.45) is 3.65. The lowest BCUT2D eigenvalue weighted by Gasteiger charge is -2.33. The second-order valence-electron chi connectivity index (χ2n) is 25.0. The van der Waals surface area contributed by atoms with Crippen LogP contribution in [0.4, 0.5) is 34.1 Å². The van der Waals surface area contributed by atoms with Gasteiger partial charge in [0.2, 0.25) is 0 Å². The van der Waals surface area contributed by atoms with Crippen molar-refractivity contribution < 1.29 is 0 Å². The molecule has 16 rings (SSSR count). The summed E-state index contributed by atoms with van der Waals surface area (Å²) in [5, 5.41) is 0. The third-order valence-electron chi connectivity index (χ3n) is 19.5. The number of rotatable bonds is 17. The molecule has 14 aromatic rings. The van der Waals surface area contributed by atoms with Crippen LogP contribution in [0.15, 0.2) is 364 Å². The molecular weight excluding hydrogens is 1110 g/mol. The maximum absolute atomic E-state index is 2.49. The third kappa shape index (κ3) is 10.5. The minimum absolute atomic E-state index is 0.235. The number of anilines is 6. The monoisotopic (exact) mass is 1180 g/mol. The highest BCUT2D eigenvalue weighted by Gasteiger charge is 2.45. The van der Waals surface area contributed by atoms with Crippen LogP contribution < -0.4 is 9.80 Å². The van der Waals surface area contributed by atoms with E-state index in [2.05, 4.69) is 374 Å². The van der Waals surface area contributed by atoms with Gasteiger partial charge in [-0.15, -0.1) is 0 Å². The van der Waals surface area contributed by atoms with Gasteiger partial charge in [0, 0.05) is 45.0 Å². The Morgan fingerprint density at radius 2 is 0.391 bits per heavy atom. The molecule has 0 amide bonds. The molecule has 0 aromatic heterocycles. The number of fused-ring (bicyclic) bond motifs is 6. The molecule has 0 heterocycles. The lowest BCUT2D eigenvalue weighted by molar-refractivity contribution is 0.520. The molecule has 0 aliphatic heterocycles. The Balaban J connectivity index is 0.679. The molecular formula is C90H68N2. The van der Waals surface area contributed by atoms with E-state index >= 15 is 0 Å². The summed E-state index contributed by atoms with van der Waals surface area (Å²) in [5.41, 5.74) is 29.6. The Morgan fingerprint density at radius 1 is 0.174 bits per heavy atom. The van der Waals surface area contributed by atoms with Crippen molar-refractivity contribution in [2.45, 2.75) is 36.5 Å². The molecule has 2 aliphatic rings. The van der Waals surface area contributed by atoms with Gasteiger partial charge >= 0.3 is 0 Å². The first kappa shape index (κ1) is 56.0. The fourth-order valence-electron chi connectivity index (χ4n) is 15.2. The highest BCUT2D eigenvalue weighted by atomic mass is 15.1. The average molecular weight is 1180 g/mol. The number of hydrogen-bond donors (Lipinski definition) is 0. The molecule has 92 heavy (non-hydrogen) atoms. The van der Waals surface area contributed by atoms with E-state index in [9.17, 15) is 0 Å². The summed E-state index contributed by atoms with van der Waals surface area (Å²) in [5.74, 6) is 0. The van der Waals surface area contributed by atoms with Crippen LogP contribution in [0.25, 0.3) is 55.6 Å². The molecule has 0 atom stereocenters. The summed E-state index contributed by atoms with van der Waals surface area (Å²) in [7, 11) is 0. The molecule has 2 heteroatoms. The predicted octanol–water partition coefficient (Wildman–Crippen LogP) is 23.1. The Bertz CT molecular complexity index is 4460. The van der Waals surface area contributed by atoms with Gasteiger partial charge in [-0.3, -0.25) is 0 Å². The molecule has 0 N–H and O–H groups in total. The van der Waals surface area contributed by atoms with Gasteiger partial charge in [0.25, 0.3) is 0 Å². The van der Waals surface area contributed by atoms with E-state index in [0.717, 1.165) is 70.9 Å². The maximum atomic E-state index is 2.49. The van der Waals surface area contributed by atoms with E-state index in [1.807, 2.05) is 0 Å². The summed E-state index contributed by atoms with van der Waals surface area (Å²) in [4.78, 5) is 4.72. The number of para-hydroxylation sites is 2. The fraction of sp³-hybridized carbons (Fsp3) is 0.0667. The molecule has 2 aliphatic carbocycles. The Kier molecular flexibility index (Phi) is 14.7. The second kappa shape index (κ2) is 24.2. The second-order valence-corrected chi connectivity index (χ2v) is 25.0. The van der Waals surface area contributed by atoms with Crippen LogP contribution >= 0.6 is 0 Å². The molecule has 0 saturated carbocycles. The van der Waals surface area contributed by atoms with Crippen LogP contribution in [0, 0.1) is 0 Å². The summed E-state index contributed by atoms with van der Waals surface area (Å²) in [6, 6.07) is 135. The first-order chi connectivity index (χ1) is 45.5. The van der Waals surface area contributed by atoms with Crippen molar-refractivity contribution in [3.63, 3.8) is 0 Å². The third-order valence-corrected chi connectivity index (χ3v) is 19.5. The van der Waals surface area contributed by atoms with E-state index in [1.54, 1.807) is 0 Å². The summed E-state index contributed by atoms with van der Waals surface area (Å²) >= 11 is 0. The van der Waals surface area contributed by atoms with Crippen LogP contribution in [0.5, 0.6) is 0 Å². The van der Waals surface area contributed by atoms with Crippen molar-refractivity contribution in [2.75, 3.05) is 9.80 Å². The Labute approximate surface area is 541 Å². The normalized spacial score (nSPS) is 12.9. The lowest BCUT2D eigenvalue weighted by atomic mass is 9.69. The molecule has 0 unspecified atom stereocenters. The largest absolute Gasteiger partial charge is 0.311 e. The molecule has 2 nitrogen and oxygen atoms in total. The van der Waals surface area contributed by atoms with Crippen LogP contribution in [0.1, 0.15) is 44.5 Å². The summed E-state index contributed by atoms with van der Waals surface area (Å²) in [6.45, 7) is 0. The highest BCUT2D eigenvalue weighted by Crippen LogP contribution is 2.55. The van der Waals surface area contributed by atoms with Crippen LogP contribution in [0.3, 0.4) is 0 Å². The first-order valence-corrected chi connectivity index (χ1v) is 32.3. The minimum atomic E-state index is -0.235. The predicted molar refractivity (Wildman–Crippen MR) is 385 cm³/mol. The Morgan fingerprint density at radius 3 is 0.685 bits per heavy atom. The Hall–Kier alpha value is -11.3. The SMILES string of the molecule is c1ccc(CC2(Cc3ccccc3)c3ccccc3-c3ccc(-c4ccc(N(c5ccccc5)c5ccc(-c6ccc(N(c7ccccc7)c7ccc(-c8ccc9c(c8)C(Cc8ccccc8)(Cc8ccccc8)c8ccccc8-9)cc7)cc6)cc5)cc4)cc32)cc1. The smallest absolute Gasteiger partial charge is 0.0462 e.